The third-order valence-electron chi connectivity index (χ3n) is 6.62. The standard InChI is InChI=1S/C24H25NO5/c1-13-9-14(2)22-18(10-13)21(27)19-20(15-5-3-6-16(26)11-15)25(24(28)23(19)30-22)12-17-7-4-8-29-17/h3-8,11,13-14,18,20,22,26H,9-10,12H2,1-2H3. The van der Waals surface area contributed by atoms with Gasteiger partial charge in [0.15, 0.2) is 11.5 Å². The lowest BCUT2D eigenvalue weighted by Crippen LogP contribution is -2.45. The molecular weight excluding hydrogens is 382 g/mol. The number of fused-ring (bicyclic) bond motifs is 1. The number of phenols is 1. The van der Waals surface area contributed by atoms with Crippen LogP contribution in [0.2, 0.25) is 0 Å². The Morgan fingerprint density at radius 2 is 1.97 bits per heavy atom. The molecule has 6 heteroatoms. The van der Waals surface area contributed by atoms with E-state index in [1.54, 1.807) is 41.5 Å². The van der Waals surface area contributed by atoms with Crippen molar-refractivity contribution in [2.24, 2.45) is 17.8 Å². The lowest BCUT2D eigenvalue weighted by atomic mass is 9.70. The number of benzene rings is 1. The molecule has 1 N–H and O–H groups in total. The van der Waals surface area contributed by atoms with E-state index in [1.807, 2.05) is 6.07 Å². The third kappa shape index (κ3) is 2.93. The van der Waals surface area contributed by atoms with E-state index >= 15 is 0 Å². The highest BCUT2D eigenvalue weighted by atomic mass is 16.5. The van der Waals surface area contributed by atoms with Crippen molar-refractivity contribution in [2.45, 2.75) is 45.4 Å². The first-order valence-corrected chi connectivity index (χ1v) is 10.5. The molecule has 3 heterocycles. The van der Waals surface area contributed by atoms with Crippen molar-refractivity contribution in [1.29, 1.82) is 0 Å². The van der Waals surface area contributed by atoms with Crippen molar-refractivity contribution in [3.05, 3.63) is 65.3 Å². The highest BCUT2D eigenvalue weighted by Gasteiger charge is 2.54. The molecule has 1 amide bonds. The predicted octanol–water partition coefficient (Wildman–Crippen LogP) is 3.97. The molecule has 1 aliphatic carbocycles. The van der Waals surface area contributed by atoms with Crippen LogP contribution >= 0.6 is 0 Å². The number of carbonyl (C=O) groups excluding carboxylic acids is 2. The highest BCUT2D eigenvalue weighted by Crippen LogP contribution is 2.49. The summed E-state index contributed by atoms with van der Waals surface area (Å²) in [6.07, 6.45) is 3.05. The fraction of sp³-hybridized carbons (Fsp3) is 0.417. The molecule has 1 saturated carbocycles. The number of carbonyl (C=O) groups is 2. The third-order valence-corrected chi connectivity index (χ3v) is 6.62. The van der Waals surface area contributed by atoms with Gasteiger partial charge in [-0.15, -0.1) is 0 Å². The molecule has 5 unspecified atom stereocenters. The van der Waals surface area contributed by atoms with Crippen LogP contribution in [-0.4, -0.2) is 27.8 Å². The van der Waals surface area contributed by atoms with Gasteiger partial charge in [-0.05, 0) is 54.5 Å². The maximum atomic E-state index is 13.7. The largest absolute Gasteiger partial charge is 0.508 e. The lowest BCUT2D eigenvalue weighted by molar-refractivity contribution is -0.139. The summed E-state index contributed by atoms with van der Waals surface area (Å²) in [5.74, 6) is 1.00. The van der Waals surface area contributed by atoms with E-state index < -0.39 is 6.04 Å². The van der Waals surface area contributed by atoms with Gasteiger partial charge in [0.1, 0.15) is 17.6 Å². The summed E-state index contributed by atoms with van der Waals surface area (Å²) in [7, 11) is 0. The molecule has 1 fully saturated rings. The first kappa shape index (κ1) is 19.0. The number of rotatable bonds is 3. The number of ketones is 1. The van der Waals surface area contributed by atoms with Crippen molar-refractivity contribution >= 4 is 11.7 Å². The molecule has 1 aromatic carbocycles. The van der Waals surface area contributed by atoms with Gasteiger partial charge in [0.2, 0.25) is 0 Å². The predicted molar refractivity (Wildman–Crippen MR) is 108 cm³/mol. The zero-order valence-electron chi connectivity index (χ0n) is 17.1. The molecule has 0 bridgehead atoms. The quantitative estimate of drug-likeness (QED) is 0.833. The number of amides is 1. The number of phenolic OH excluding ortho intramolecular Hbond substituents is 1. The molecule has 30 heavy (non-hydrogen) atoms. The van der Waals surface area contributed by atoms with Crippen LogP contribution in [0.3, 0.4) is 0 Å². The summed E-state index contributed by atoms with van der Waals surface area (Å²) in [6, 6.07) is 9.70. The Bertz CT molecular complexity index is 1020. The van der Waals surface area contributed by atoms with E-state index in [-0.39, 0.29) is 47.7 Å². The number of nitrogens with zero attached hydrogens (tertiary/aromatic N) is 1. The summed E-state index contributed by atoms with van der Waals surface area (Å²) in [4.78, 5) is 28.7. The Morgan fingerprint density at radius 1 is 1.13 bits per heavy atom. The molecule has 1 aromatic heterocycles. The number of furan rings is 1. The van der Waals surface area contributed by atoms with Crippen LogP contribution in [0.1, 0.15) is 44.1 Å². The second-order valence-corrected chi connectivity index (χ2v) is 8.86. The number of Topliss-reactive ketones (excluding diaryl/α,β-unsaturated/α-hetero) is 1. The molecule has 3 aliphatic rings. The maximum Gasteiger partial charge on any atom is 0.290 e. The Kier molecular flexibility index (Phi) is 4.45. The average molecular weight is 407 g/mol. The van der Waals surface area contributed by atoms with Gasteiger partial charge in [-0.3, -0.25) is 9.59 Å². The minimum atomic E-state index is -0.606. The smallest absolute Gasteiger partial charge is 0.290 e. The highest BCUT2D eigenvalue weighted by molar-refractivity contribution is 6.11. The van der Waals surface area contributed by atoms with Crippen LogP contribution < -0.4 is 0 Å². The average Bonchev–Trinajstić information content (AvgIpc) is 3.31. The summed E-state index contributed by atoms with van der Waals surface area (Å²) in [6.45, 7) is 4.48. The normalized spacial score (nSPS) is 30.9. The van der Waals surface area contributed by atoms with Crippen LogP contribution in [0.4, 0.5) is 0 Å². The number of hydrogen-bond acceptors (Lipinski definition) is 5. The summed E-state index contributed by atoms with van der Waals surface area (Å²) < 4.78 is 11.7. The van der Waals surface area contributed by atoms with E-state index in [9.17, 15) is 14.7 Å². The molecule has 156 valence electrons. The van der Waals surface area contributed by atoms with E-state index in [4.69, 9.17) is 9.15 Å². The van der Waals surface area contributed by atoms with Crippen molar-refractivity contribution in [3.8, 4) is 5.75 Å². The molecule has 0 radical (unpaired) electrons. The number of hydrogen-bond donors (Lipinski definition) is 1. The minimum Gasteiger partial charge on any atom is -0.508 e. The first-order chi connectivity index (χ1) is 14.4. The van der Waals surface area contributed by atoms with Gasteiger partial charge < -0.3 is 19.2 Å². The van der Waals surface area contributed by atoms with Gasteiger partial charge in [-0.2, -0.15) is 0 Å². The lowest BCUT2D eigenvalue weighted by Gasteiger charge is -2.41. The van der Waals surface area contributed by atoms with Crippen LogP contribution in [0, 0.1) is 17.8 Å². The summed E-state index contributed by atoms with van der Waals surface area (Å²) in [5.41, 5.74) is 1.10. The van der Waals surface area contributed by atoms with E-state index in [0.29, 0.717) is 22.8 Å². The monoisotopic (exact) mass is 407 g/mol. The SMILES string of the molecule is CC1CC(C)C2OC3=C(C(=O)C2C1)C(c1cccc(O)c1)N(Cc1ccco1)C3=O. The molecule has 2 aliphatic heterocycles. The first-order valence-electron chi connectivity index (χ1n) is 10.5. The van der Waals surface area contributed by atoms with E-state index in [1.165, 1.54) is 0 Å². The van der Waals surface area contributed by atoms with Crippen molar-refractivity contribution in [3.63, 3.8) is 0 Å². The Morgan fingerprint density at radius 3 is 2.70 bits per heavy atom. The van der Waals surface area contributed by atoms with Gasteiger partial charge in [-0.1, -0.05) is 26.0 Å². The van der Waals surface area contributed by atoms with Crippen LogP contribution in [0.25, 0.3) is 0 Å². The molecule has 0 saturated heterocycles. The van der Waals surface area contributed by atoms with Gasteiger partial charge in [0.25, 0.3) is 5.91 Å². The van der Waals surface area contributed by atoms with Gasteiger partial charge in [0, 0.05) is 0 Å². The molecule has 2 aromatic rings. The van der Waals surface area contributed by atoms with Gasteiger partial charge in [0.05, 0.1) is 30.3 Å². The second kappa shape index (κ2) is 7.04. The zero-order chi connectivity index (χ0) is 21.0. The molecule has 5 rings (SSSR count). The van der Waals surface area contributed by atoms with Crippen molar-refractivity contribution < 1.29 is 23.8 Å². The van der Waals surface area contributed by atoms with Crippen LogP contribution in [0.15, 0.2) is 58.4 Å². The maximum absolute atomic E-state index is 13.7. The summed E-state index contributed by atoms with van der Waals surface area (Å²) >= 11 is 0. The zero-order valence-corrected chi connectivity index (χ0v) is 17.1. The number of aromatic hydroxyl groups is 1. The molecular formula is C24H25NO5. The van der Waals surface area contributed by atoms with E-state index in [0.717, 1.165) is 12.8 Å². The van der Waals surface area contributed by atoms with Crippen LogP contribution in [-0.2, 0) is 20.9 Å². The topological polar surface area (TPSA) is 80.0 Å². The fourth-order valence-corrected chi connectivity index (χ4v) is 5.40. The molecule has 6 nitrogen and oxygen atoms in total. The summed E-state index contributed by atoms with van der Waals surface area (Å²) in [5, 5.41) is 10.0. The molecule has 0 spiro atoms. The van der Waals surface area contributed by atoms with Crippen molar-refractivity contribution in [2.75, 3.05) is 0 Å². The second-order valence-electron chi connectivity index (χ2n) is 8.86. The Hall–Kier alpha value is -3.02. The number of ether oxygens (including phenoxy) is 1. The van der Waals surface area contributed by atoms with Gasteiger partial charge in [-0.25, -0.2) is 0 Å². The molecule has 5 atom stereocenters. The van der Waals surface area contributed by atoms with Gasteiger partial charge >= 0.3 is 0 Å². The Labute approximate surface area is 175 Å². The Balaban J connectivity index is 1.60. The fourth-order valence-electron chi connectivity index (χ4n) is 5.40. The van der Waals surface area contributed by atoms with Crippen molar-refractivity contribution in [1.82, 2.24) is 4.90 Å². The van der Waals surface area contributed by atoms with Crippen LogP contribution in [0.5, 0.6) is 5.75 Å². The van der Waals surface area contributed by atoms with E-state index in [2.05, 4.69) is 13.8 Å². The minimum absolute atomic E-state index is 0.00304.